The summed E-state index contributed by atoms with van der Waals surface area (Å²) in [6.45, 7) is 4.40. The smallest absolute Gasteiger partial charge is 0.268 e. The molecule has 0 aromatic heterocycles. The largest absolute Gasteiger partial charge is 0.756 e. The lowest BCUT2D eigenvalue weighted by atomic mass is 10.0. The lowest BCUT2D eigenvalue weighted by Gasteiger charge is -2.29. The van der Waals surface area contributed by atoms with Gasteiger partial charge in [-0.1, -0.05) is 224 Å². The van der Waals surface area contributed by atoms with Gasteiger partial charge in [-0.05, 0) is 103 Å². The molecule has 0 radical (unpaired) electrons. The van der Waals surface area contributed by atoms with Gasteiger partial charge >= 0.3 is 0 Å². The molecule has 0 saturated carbocycles. The van der Waals surface area contributed by atoms with Crippen LogP contribution < -0.4 is 10.2 Å². The predicted octanol–water partition coefficient (Wildman–Crippen LogP) is 16.3. The highest BCUT2D eigenvalue weighted by Gasteiger charge is 2.23. The number of hydrogen-bond donors (Lipinski definition) is 2. The fraction of sp³-hybridized carbons (Fsp3) is 0.597. The summed E-state index contributed by atoms with van der Waals surface area (Å²) in [5, 5.41) is 13.7. The van der Waals surface area contributed by atoms with E-state index >= 15 is 0 Å². The Morgan fingerprint density at radius 1 is 0.507 bits per heavy atom. The highest BCUT2D eigenvalue weighted by Crippen LogP contribution is 2.38. The monoisotopic (exact) mass is 1000 g/mol. The fourth-order valence-electron chi connectivity index (χ4n) is 6.95. The van der Waals surface area contributed by atoms with Gasteiger partial charge in [0.05, 0.1) is 39.9 Å². The average Bonchev–Trinajstić information content (AvgIpc) is 3.33. The van der Waals surface area contributed by atoms with Crippen LogP contribution in [0.1, 0.15) is 187 Å². The number of amides is 1. The van der Waals surface area contributed by atoms with Crippen LogP contribution in [0.3, 0.4) is 0 Å². The van der Waals surface area contributed by atoms with Crippen molar-refractivity contribution in [1.82, 2.24) is 5.32 Å². The van der Waals surface area contributed by atoms with Crippen LogP contribution in [-0.2, 0) is 18.4 Å². The summed E-state index contributed by atoms with van der Waals surface area (Å²) in [4.78, 5) is 25.3. The Hall–Kier alpha value is -3.62. The molecule has 0 rings (SSSR count). The number of carbonyl (C=O) groups excluding carboxylic acids is 1. The van der Waals surface area contributed by atoms with Crippen LogP contribution in [0.4, 0.5) is 0 Å². The molecule has 0 aliphatic carbocycles. The predicted molar refractivity (Wildman–Crippen MR) is 306 cm³/mol. The van der Waals surface area contributed by atoms with E-state index in [0.29, 0.717) is 17.4 Å². The second-order valence-electron chi connectivity index (χ2n) is 19.2. The fourth-order valence-corrected chi connectivity index (χ4v) is 7.67. The molecule has 0 bridgehead atoms. The number of phosphoric acid groups is 1. The number of hydrogen-bond acceptors (Lipinski definition) is 6. The number of aliphatic hydroxyl groups excluding tert-OH is 1. The maximum absolute atomic E-state index is 12.9. The molecule has 0 aromatic carbocycles. The first-order valence-corrected chi connectivity index (χ1v) is 29.2. The van der Waals surface area contributed by atoms with Gasteiger partial charge in [0.15, 0.2) is 0 Å². The van der Waals surface area contributed by atoms with E-state index in [2.05, 4.69) is 153 Å². The SMILES string of the molecule is CC/C=C\C/C=C\C/C=C\C/C=C\C/C=C\C/C=C\C/C=C\C/C=C\C/C=C\C/C=C\CCCCCCCCCCCCC(=O)NC(COP(=O)([O-])OCC[N+](C)(C)C)C(O)/C=C/CC/C=C/CCCC. The number of carbonyl (C=O) groups is 1. The molecule has 0 aromatic rings. The van der Waals surface area contributed by atoms with E-state index in [4.69, 9.17) is 9.05 Å². The van der Waals surface area contributed by atoms with Crippen molar-refractivity contribution in [1.29, 1.82) is 0 Å². The summed E-state index contributed by atoms with van der Waals surface area (Å²) < 4.78 is 23.1. The minimum Gasteiger partial charge on any atom is -0.756 e. The number of likely N-dealkylation sites (N-methyl/N-ethyl adjacent to an activating group) is 1. The third kappa shape index (κ3) is 54.0. The first-order valence-electron chi connectivity index (χ1n) is 27.7. The minimum absolute atomic E-state index is 0.0146. The molecule has 1 amide bonds. The number of aliphatic hydroxyl groups is 1. The molecule has 3 atom stereocenters. The number of rotatable bonds is 48. The summed E-state index contributed by atoms with van der Waals surface area (Å²) in [5.41, 5.74) is 0. The molecule has 402 valence electrons. The Kier molecular flexibility index (Phi) is 48.7. The molecule has 0 heterocycles. The molecule has 8 nitrogen and oxygen atoms in total. The molecule has 0 spiro atoms. The quantitative estimate of drug-likeness (QED) is 0.0272. The van der Waals surface area contributed by atoms with Crippen molar-refractivity contribution in [2.24, 2.45) is 0 Å². The van der Waals surface area contributed by atoms with Crippen molar-refractivity contribution in [3.8, 4) is 0 Å². The molecule has 0 aliphatic rings. The van der Waals surface area contributed by atoms with Gasteiger partial charge in [-0.2, -0.15) is 0 Å². The molecule has 0 fully saturated rings. The van der Waals surface area contributed by atoms with Gasteiger partial charge in [0, 0.05) is 6.42 Å². The maximum atomic E-state index is 12.9. The Labute approximate surface area is 436 Å². The van der Waals surface area contributed by atoms with Gasteiger partial charge in [-0.25, -0.2) is 0 Å². The topological polar surface area (TPSA) is 108 Å². The molecule has 0 aliphatic heterocycles. The zero-order chi connectivity index (χ0) is 52.0. The molecule has 71 heavy (non-hydrogen) atoms. The molecule has 9 heteroatoms. The molecule has 0 saturated heterocycles. The number of phosphoric ester groups is 1. The summed E-state index contributed by atoms with van der Waals surface area (Å²) in [7, 11) is 1.22. The lowest BCUT2D eigenvalue weighted by molar-refractivity contribution is -0.870. The van der Waals surface area contributed by atoms with Gasteiger partial charge in [0.1, 0.15) is 13.2 Å². The molecule has 2 N–H and O–H groups in total. The van der Waals surface area contributed by atoms with Gasteiger partial charge in [0.2, 0.25) is 5.91 Å². The van der Waals surface area contributed by atoms with E-state index in [-0.39, 0.29) is 12.5 Å². The summed E-state index contributed by atoms with van der Waals surface area (Å²) in [6.07, 6.45) is 79.6. The first-order chi connectivity index (χ1) is 34.5. The average molecular weight is 1000 g/mol. The van der Waals surface area contributed by atoms with Gasteiger partial charge in [0.25, 0.3) is 7.82 Å². The summed E-state index contributed by atoms with van der Waals surface area (Å²) in [5.74, 6) is -0.223. The molecular weight excluding hydrogens is 900 g/mol. The number of nitrogens with one attached hydrogen (secondary N) is 1. The molecular formula is C62H103N2O6P. The van der Waals surface area contributed by atoms with E-state index in [1.54, 1.807) is 6.08 Å². The maximum Gasteiger partial charge on any atom is 0.268 e. The van der Waals surface area contributed by atoms with Crippen molar-refractivity contribution >= 4 is 13.7 Å². The minimum atomic E-state index is -4.60. The normalized spacial score (nSPS) is 15.1. The molecule has 3 unspecified atom stereocenters. The zero-order valence-corrected chi connectivity index (χ0v) is 46.5. The van der Waals surface area contributed by atoms with Crippen LogP contribution in [0.15, 0.2) is 146 Å². The van der Waals surface area contributed by atoms with Crippen molar-refractivity contribution in [2.45, 2.75) is 199 Å². The Bertz CT molecular complexity index is 1660. The van der Waals surface area contributed by atoms with Crippen molar-refractivity contribution in [3.63, 3.8) is 0 Å². The second-order valence-corrected chi connectivity index (χ2v) is 20.6. The van der Waals surface area contributed by atoms with Crippen LogP contribution in [-0.4, -0.2) is 68.5 Å². The van der Waals surface area contributed by atoms with E-state index < -0.39 is 26.6 Å². The number of quaternary nitrogens is 1. The highest BCUT2D eigenvalue weighted by atomic mass is 31.2. The van der Waals surface area contributed by atoms with Crippen LogP contribution in [0.25, 0.3) is 0 Å². The van der Waals surface area contributed by atoms with E-state index in [0.717, 1.165) is 122 Å². The zero-order valence-electron chi connectivity index (χ0n) is 45.6. The number of allylic oxidation sites excluding steroid dienone is 23. The Balaban J connectivity index is 4.01. The highest BCUT2D eigenvalue weighted by molar-refractivity contribution is 7.45. The second kappa shape index (κ2) is 51.3. The summed E-state index contributed by atoms with van der Waals surface area (Å²) >= 11 is 0. The Morgan fingerprint density at radius 2 is 0.873 bits per heavy atom. The van der Waals surface area contributed by atoms with Crippen LogP contribution in [0.5, 0.6) is 0 Å². The number of unbranched alkanes of at least 4 members (excludes halogenated alkanes) is 13. The van der Waals surface area contributed by atoms with Gasteiger partial charge in [-0.3, -0.25) is 9.36 Å². The third-order valence-corrected chi connectivity index (χ3v) is 12.2. The number of nitrogens with zero attached hydrogens (tertiary/aromatic N) is 1. The van der Waals surface area contributed by atoms with Crippen molar-refractivity contribution in [3.05, 3.63) is 146 Å². The lowest BCUT2D eigenvalue weighted by Crippen LogP contribution is -2.45. The van der Waals surface area contributed by atoms with Crippen molar-refractivity contribution in [2.75, 3.05) is 40.9 Å². The standard InChI is InChI=1S/C62H103N2O6P/c1-6-8-10-12-14-16-17-18-19-20-21-22-23-24-25-26-27-28-29-30-31-32-33-34-35-36-37-38-39-40-41-42-43-44-45-46-47-48-50-52-54-56-62(66)63-60(59-70-71(67,68)69-58-57-64(3,4)5)61(65)55-53-51-49-15-13-11-9-7-2/h8,10,13-16,18-19,21-22,24-25,27-28,30-31,33-34,36-37,39-40,53,55,60-61,65H,6-7,9,11-12,17,20,23,26,29,32,35,38,41-52,54,56-59H2,1-5H3,(H-,63,66,67,68)/b10-8-,15-13+,16-14-,19-18-,22-21-,25-24-,28-27-,31-30-,34-33-,37-36-,40-39-,55-53+. The third-order valence-electron chi connectivity index (χ3n) is 11.3. The van der Waals surface area contributed by atoms with E-state index in [1.807, 2.05) is 27.2 Å². The van der Waals surface area contributed by atoms with Crippen LogP contribution in [0.2, 0.25) is 0 Å². The van der Waals surface area contributed by atoms with Crippen molar-refractivity contribution < 1.29 is 32.9 Å². The Morgan fingerprint density at radius 3 is 1.31 bits per heavy atom. The van der Waals surface area contributed by atoms with E-state index in [9.17, 15) is 19.4 Å². The first kappa shape index (κ1) is 67.4. The van der Waals surface area contributed by atoms with Crippen LogP contribution in [0, 0.1) is 0 Å². The van der Waals surface area contributed by atoms with Gasteiger partial charge < -0.3 is 28.8 Å². The van der Waals surface area contributed by atoms with Crippen LogP contribution >= 0.6 is 7.82 Å². The van der Waals surface area contributed by atoms with Gasteiger partial charge in [-0.15, -0.1) is 0 Å². The van der Waals surface area contributed by atoms with E-state index in [1.165, 1.54) is 44.9 Å². The summed E-state index contributed by atoms with van der Waals surface area (Å²) in [6, 6.07) is -0.912.